The van der Waals surface area contributed by atoms with E-state index < -0.39 is 11.9 Å². The number of nitrogens with zero attached hydrogens (tertiary/aromatic N) is 2. The van der Waals surface area contributed by atoms with Crippen LogP contribution >= 0.6 is 23.2 Å². The average Bonchev–Trinajstić information content (AvgIpc) is 2.58. The Labute approximate surface area is 156 Å². The van der Waals surface area contributed by atoms with Gasteiger partial charge in [-0.3, -0.25) is 14.4 Å². The molecule has 1 heterocycles. The standard InChI is InChI=1S/C17H20Cl2N2O4/c1-20(15(22)8-11-4-5-13(18)14(19)7-11)10-16(23)21-6-2-3-12(9-21)17(24)25/h4-5,7,12H,2-3,6,8-10H2,1H3,(H,24,25). The summed E-state index contributed by atoms with van der Waals surface area (Å²) in [6.45, 7) is 0.646. The van der Waals surface area contributed by atoms with E-state index in [4.69, 9.17) is 28.3 Å². The highest BCUT2D eigenvalue weighted by Gasteiger charge is 2.28. The van der Waals surface area contributed by atoms with E-state index in [2.05, 4.69) is 0 Å². The van der Waals surface area contributed by atoms with Gasteiger partial charge in [0.1, 0.15) is 0 Å². The number of carbonyl (C=O) groups is 3. The van der Waals surface area contributed by atoms with Crippen LogP contribution in [0.1, 0.15) is 18.4 Å². The van der Waals surface area contributed by atoms with Crippen molar-refractivity contribution in [3.05, 3.63) is 33.8 Å². The topological polar surface area (TPSA) is 77.9 Å². The van der Waals surface area contributed by atoms with E-state index in [0.717, 1.165) is 0 Å². The number of halogens is 2. The van der Waals surface area contributed by atoms with E-state index in [-0.39, 0.29) is 31.3 Å². The fourth-order valence-corrected chi connectivity index (χ4v) is 3.08. The number of aliphatic carboxylic acids is 1. The van der Waals surface area contributed by atoms with E-state index in [1.54, 1.807) is 25.2 Å². The molecule has 1 N–H and O–H groups in total. The number of carboxylic acid groups (broad SMARTS) is 1. The van der Waals surface area contributed by atoms with E-state index >= 15 is 0 Å². The number of likely N-dealkylation sites (tertiary alicyclic amines) is 1. The molecule has 0 spiro atoms. The second-order valence-corrected chi connectivity index (χ2v) is 7.01. The molecule has 0 aromatic heterocycles. The summed E-state index contributed by atoms with van der Waals surface area (Å²) in [5.41, 5.74) is 0.711. The molecule has 0 aliphatic carbocycles. The van der Waals surface area contributed by atoms with Crippen molar-refractivity contribution >= 4 is 41.0 Å². The smallest absolute Gasteiger partial charge is 0.308 e. The molecule has 25 heavy (non-hydrogen) atoms. The molecule has 136 valence electrons. The van der Waals surface area contributed by atoms with Crippen LogP contribution in [0.2, 0.25) is 10.0 Å². The van der Waals surface area contributed by atoms with Crippen LogP contribution in [0.15, 0.2) is 18.2 Å². The molecule has 1 aliphatic rings. The molecule has 0 saturated carbocycles. The molecule has 6 nitrogen and oxygen atoms in total. The lowest BCUT2D eigenvalue weighted by Crippen LogP contribution is -2.47. The number of carbonyl (C=O) groups excluding carboxylic acids is 2. The van der Waals surface area contributed by atoms with Crippen molar-refractivity contribution < 1.29 is 19.5 Å². The van der Waals surface area contributed by atoms with Crippen LogP contribution < -0.4 is 0 Å². The van der Waals surface area contributed by atoms with E-state index in [0.29, 0.717) is 35.0 Å². The molecule has 1 aliphatic heterocycles. The quantitative estimate of drug-likeness (QED) is 0.841. The summed E-state index contributed by atoms with van der Waals surface area (Å²) in [4.78, 5) is 38.6. The Balaban J connectivity index is 1.90. The largest absolute Gasteiger partial charge is 0.481 e. The van der Waals surface area contributed by atoms with Crippen LogP contribution in [0, 0.1) is 5.92 Å². The number of likely N-dealkylation sites (N-methyl/N-ethyl adjacent to an activating group) is 1. The Morgan fingerprint density at radius 1 is 1.28 bits per heavy atom. The monoisotopic (exact) mass is 386 g/mol. The summed E-state index contributed by atoms with van der Waals surface area (Å²) in [5.74, 6) is -1.88. The molecule has 0 radical (unpaired) electrons. The van der Waals surface area contributed by atoms with Gasteiger partial charge in [-0.05, 0) is 30.5 Å². The third kappa shape index (κ3) is 5.34. The molecule has 2 rings (SSSR count). The van der Waals surface area contributed by atoms with Gasteiger partial charge < -0.3 is 14.9 Å². The predicted octanol–water partition coefficient (Wildman–Crippen LogP) is 2.32. The Hall–Kier alpha value is -1.79. The van der Waals surface area contributed by atoms with Gasteiger partial charge in [-0.25, -0.2) is 0 Å². The fourth-order valence-electron chi connectivity index (χ4n) is 2.76. The summed E-state index contributed by atoms with van der Waals surface area (Å²) in [6.07, 6.45) is 1.34. The number of benzene rings is 1. The highest BCUT2D eigenvalue weighted by molar-refractivity contribution is 6.42. The molecule has 8 heteroatoms. The van der Waals surface area contributed by atoms with Gasteiger partial charge >= 0.3 is 5.97 Å². The van der Waals surface area contributed by atoms with Crippen molar-refractivity contribution in [3.63, 3.8) is 0 Å². The second kappa shape index (κ2) is 8.54. The van der Waals surface area contributed by atoms with Gasteiger partial charge in [0.25, 0.3) is 0 Å². The summed E-state index contributed by atoms with van der Waals surface area (Å²) in [5, 5.41) is 9.88. The minimum absolute atomic E-state index is 0.0769. The molecular formula is C17H20Cl2N2O4. The van der Waals surface area contributed by atoms with Crippen LogP contribution in [0.5, 0.6) is 0 Å². The lowest BCUT2D eigenvalue weighted by Gasteiger charge is -2.32. The van der Waals surface area contributed by atoms with E-state index in [9.17, 15) is 14.4 Å². The fraction of sp³-hybridized carbons (Fsp3) is 0.471. The van der Waals surface area contributed by atoms with Crippen molar-refractivity contribution in [2.75, 3.05) is 26.7 Å². The highest BCUT2D eigenvalue weighted by Crippen LogP contribution is 2.23. The number of carboxylic acids is 1. The van der Waals surface area contributed by atoms with E-state index in [1.807, 2.05) is 0 Å². The molecule has 1 unspecified atom stereocenters. The number of piperidine rings is 1. The zero-order valence-corrected chi connectivity index (χ0v) is 15.4. The molecule has 1 saturated heterocycles. The molecule has 2 amide bonds. The Morgan fingerprint density at radius 3 is 2.64 bits per heavy atom. The van der Waals surface area contributed by atoms with Crippen molar-refractivity contribution in [3.8, 4) is 0 Å². The highest BCUT2D eigenvalue weighted by atomic mass is 35.5. The molecule has 1 fully saturated rings. The summed E-state index contributed by atoms with van der Waals surface area (Å²) in [7, 11) is 1.55. The number of hydrogen-bond acceptors (Lipinski definition) is 3. The predicted molar refractivity (Wildman–Crippen MR) is 94.7 cm³/mol. The maximum Gasteiger partial charge on any atom is 0.308 e. The third-order valence-electron chi connectivity index (χ3n) is 4.26. The van der Waals surface area contributed by atoms with Crippen molar-refractivity contribution in [1.82, 2.24) is 9.80 Å². The van der Waals surface area contributed by atoms with Crippen LogP contribution in [-0.4, -0.2) is 59.4 Å². The molecule has 1 aromatic rings. The van der Waals surface area contributed by atoms with Gasteiger partial charge in [0.2, 0.25) is 11.8 Å². The van der Waals surface area contributed by atoms with Crippen LogP contribution in [0.25, 0.3) is 0 Å². The Kier molecular flexibility index (Phi) is 6.67. The number of amides is 2. The first-order valence-corrected chi connectivity index (χ1v) is 8.72. The normalized spacial score (nSPS) is 17.2. The maximum absolute atomic E-state index is 12.3. The summed E-state index contributed by atoms with van der Waals surface area (Å²) >= 11 is 11.8. The lowest BCUT2D eigenvalue weighted by atomic mass is 9.98. The third-order valence-corrected chi connectivity index (χ3v) is 5.00. The van der Waals surface area contributed by atoms with Crippen molar-refractivity contribution in [2.45, 2.75) is 19.3 Å². The molecular weight excluding hydrogens is 367 g/mol. The molecule has 1 atom stereocenters. The lowest BCUT2D eigenvalue weighted by molar-refractivity contribution is -0.147. The minimum Gasteiger partial charge on any atom is -0.481 e. The van der Waals surface area contributed by atoms with E-state index in [1.165, 1.54) is 9.80 Å². The second-order valence-electron chi connectivity index (χ2n) is 6.19. The molecule has 0 bridgehead atoms. The van der Waals surface area contributed by atoms with Gasteiger partial charge in [0.05, 0.1) is 28.9 Å². The summed E-state index contributed by atoms with van der Waals surface area (Å²) in [6, 6.07) is 4.96. The Bertz CT molecular complexity index is 681. The van der Waals surface area contributed by atoms with Crippen LogP contribution in [-0.2, 0) is 20.8 Å². The first-order chi connectivity index (χ1) is 11.8. The number of hydrogen-bond donors (Lipinski definition) is 1. The van der Waals surface area contributed by atoms with Crippen molar-refractivity contribution in [2.24, 2.45) is 5.92 Å². The SMILES string of the molecule is CN(CC(=O)N1CCCC(C(=O)O)C1)C(=O)Cc1ccc(Cl)c(Cl)c1. The molecule has 1 aromatic carbocycles. The van der Waals surface area contributed by atoms with Crippen molar-refractivity contribution in [1.29, 1.82) is 0 Å². The first-order valence-electron chi connectivity index (χ1n) is 7.96. The maximum atomic E-state index is 12.3. The Morgan fingerprint density at radius 2 is 2.00 bits per heavy atom. The average molecular weight is 387 g/mol. The minimum atomic E-state index is -0.887. The van der Waals surface area contributed by atoms with Gasteiger partial charge in [0, 0.05) is 20.1 Å². The van der Waals surface area contributed by atoms with Gasteiger partial charge in [-0.15, -0.1) is 0 Å². The van der Waals surface area contributed by atoms with Crippen LogP contribution in [0.4, 0.5) is 0 Å². The first kappa shape index (κ1) is 19.5. The van der Waals surface area contributed by atoms with Gasteiger partial charge in [0.15, 0.2) is 0 Å². The zero-order chi connectivity index (χ0) is 18.6. The van der Waals surface area contributed by atoms with Crippen LogP contribution in [0.3, 0.4) is 0 Å². The van der Waals surface area contributed by atoms with Gasteiger partial charge in [-0.2, -0.15) is 0 Å². The zero-order valence-electron chi connectivity index (χ0n) is 13.9. The number of rotatable bonds is 5. The summed E-state index contributed by atoms with van der Waals surface area (Å²) < 4.78 is 0. The van der Waals surface area contributed by atoms with Gasteiger partial charge in [-0.1, -0.05) is 29.3 Å².